The normalized spacial score (nSPS) is 19.5. The van der Waals surface area contributed by atoms with Crippen LogP contribution in [-0.4, -0.2) is 95.6 Å². The third kappa shape index (κ3) is 6.06. The van der Waals surface area contributed by atoms with Gasteiger partial charge in [-0.3, -0.25) is 29.0 Å². The van der Waals surface area contributed by atoms with Gasteiger partial charge in [-0.05, 0) is 131 Å². The molecule has 4 aromatic carbocycles. The Kier molecular flexibility index (Phi) is 8.76. The summed E-state index contributed by atoms with van der Waals surface area (Å²) in [5.74, 6) is 0.842. The molecule has 8 heteroatoms. The summed E-state index contributed by atoms with van der Waals surface area (Å²) in [6, 6.07) is 22.8. The van der Waals surface area contributed by atoms with Crippen molar-refractivity contribution in [2.45, 2.75) is 44.9 Å². The van der Waals surface area contributed by atoms with Crippen molar-refractivity contribution in [3.63, 3.8) is 0 Å². The van der Waals surface area contributed by atoms with Crippen molar-refractivity contribution >= 4 is 45.2 Å². The molecule has 0 bridgehead atoms. The van der Waals surface area contributed by atoms with E-state index in [1.807, 2.05) is 72.8 Å². The lowest BCUT2D eigenvalue weighted by atomic mass is 9.82. The first-order chi connectivity index (χ1) is 24.0. The van der Waals surface area contributed by atoms with Crippen LogP contribution in [0.1, 0.15) is 86.4 Å². The number of carbonyl (C=O) groups excluding carboxylic acids is 4. The SMILES string of the molecule is O=C1c2cccc3cccc(c23)C(=O)N1CCCN1CCC(CC2CCN(CCCN3C(=O)c4cccc5cccc(c45)C3=O)CC2)CC1. The van der Waals surface area contributed by atoms with Crippen LogP contribution in [0, 0.1) is 11.8 Å². The van der Waals surface area contributed by atoms with Gasteiger partial charge in [-0.15, -0.1) is 0 Å². The highest BCUT2D eigenvalue weighted by Gasteiger charge is 2.34. The van der Waals surface area contributed by atoms with Gasteiger partial charge < -0.3 is 9.80 Å². The zero-order chi connectivity index (χ0) is 33.5. The number of likely N-dealkylation sites (tertiary alicyclic amines) is 2. The van der Waals surface area contributed by atoms with E-state index >= 15 is 0 Å². The molecule has 0 spiro atoms. The molecule has 4 amide bonds. The number of rotatable bonds is 10. The van der Waals surface area contributed by atoms with Crippen molar-refractivity contribution in [1.29, 1.82) is 0 Å². The first-order valence-electron chi connectivity index (χ1n) is 18.2. The number of benzene rings is 4. The molecule has 0 unspecified atom stereocenters. The van der Waals surface area contributed by atoms with E-state index in [2.05, 4.69) is 9.80 Å². The monoisotopic (exact) mass is 656 g/mol. The fraction of sp³-hybridized carbons (Fsp3) is 0.415. The minimum atomic E-state index is -0.171. The highest BCUT2D eigenvalue weighted by atomic mass is 16.2. The average Bonchev–Trinajstić information content (AvgIpc) is 3.13. The smallest absolute Gasteiger partial charge is 0.261 e. The Bertz CT molecular complexity index is 1700. The number of amides is 4. The third-order valence-electron chi connectivity index (χ3n) is 11.5. The van der Waals surface area contributed by atoms with E-state index < -0.39 is 0 Å². The minimum Gasteiger partial charge on any atom is -0.303 e. The van der Waals surface area contributed by atoms with Gasteiger partial charge in [-0.2, -0.15) is 0 Å². The Balaban J connectivity index is 0.740. The van der Waals surface area contributed by atoms with Crippen LogP contribution in [0.3, 0.4) is 0 Å². The van der Waals surface area contributed by atoms with Crippen LogP contribution in [0.4, 0.5) is 0 Å². The van der Waals surface area contributed by atoms with Crippen LogP contribution < -0.4 is 0 Å². The minimum absolute atomic E-state index is 0.171. The molecular weight excluding hydrogens is 612 g/mol. The van der Waals surface area contributed by atoms with Gasteiger partial charge in [-0.25, -0.2) is 0 Å². The molecule has 0 atom stereocenters. The molecule has 4 aromatic rings. The molecule has 0 N–H and O–H groups in total. The molecule has 0 radical (unpaired) electrons. The molecule has 252 valence electrons. The van der Waals surface area contributed by atoms with Crippen molar-refractivity contribution in [1.82, 2.24) is 19.6 Å². The van der Waals surface area contributed by atoms with Crippen LogP contribution in [0.5, 0.6) is 0 Å². The summed E-state index contributed by atoms with van der Waals surface area (Å²) in [6.45, 7) is 7.06. The molecule has 8 nitrogen and oxygen atoms in total. The van der Waals surface area contributed by atoms with Gasteiger partial charge in [0, 0.05) is 46.1 Å². The van der Waals surface area contributed by atoms with Crippen molar-refractivity contribution in [3.05, 3.63) is 95.1 Å². The molecule has 2 saturated heterocycles. The van der Waals surface area contributed by atoms with Crippen LogP contribution >= 0.6 is 0 Å². The number of piperidine rings is 2. The summed E-state index contributed by atoms with van der Waals surface area (Å²) in [5, 5.41) is 3.46. The second-order valence-electron chi connectivity index (χ2n) is 14.5. The quantitative estimate of drug-likeness (QED) is 0.182. The van der Waals surface area contributed by atoms with E-state index in [0.717, 1.165) is 85.5 Å². The Hall–Kier alpha value is -4.40. The maximum atomic E-state index is 13.2. The predicted octanol–water partition coefficient (Wildman–Crippen LogP) is 6.48. The van der Waals surface area contributed by atoms with Crippen molar-refractivity contribution < 1.29 is 19.2 Å². The molecule has 4 heterocycles. The van der Waals surface area contributed by atoms with Crippen LogP contribution in [0.25, 0.3) is 21.5 Å². The lowest BCUT2D eigenvalue weighted by Crippen LogP contribution is -2.43. The Morgan fingerprint density at radius 2 is 0.776 bits per heavy atom. The summed E-state index contributed by atoms with van der Waals surface area (Å²) in [5.41, 5.74) is 2.54. The molecule has 2 fully saturated rings. The van der Waals surface area contributed by atoms with Crippen molar-refractivity contribution in [3.8, 4) is 0 Å². The molecular formula is C41H44N4O4. The predicted molar refractivity (Wildman–Crippen MR) is 191 cm³/mol. The van der Waals surface area contributed by atoms with E-state index in [-0.39, 0.29) is 23.6 Å². The Morgan fingerprint density at radius 1 is 0.449 bits per heavy atom. The Labute approximate surface area is 287 Å². The van der Waals surface area contributed by atoms with Crippen molar-refractivity contribution in [2.24, 2.45) is 11.8 Å². The summed E-state index contributed by atoms with van der Waals surface area (Å²) >= 11 is 0. The van der Waals surface area contributed by atoms with Crippen molar-refractivity contribution in [2.75, 3.05) is 52.4 Å². The second-order valence-corrected chi connectivity index (χ2v) is 14.5. The molecule has 8 rings (SSSR count). The standard InChI is InChI=1S/C41H44N4O4/c46-38-32-11-1-7-30-8-2-12-33(36(30)32)39(47)44(38)21-5-19-42-23-15-28(16-24-42)27-29-17-25-43(26-18-29)20-6-22-45-40(48)34-13-3-9-31-10-4-14-35(37(31)34)41(45)49/h1-4,7-14,28-29H,5-6,15-27H2. The van der Waals surface area contributed by atoms with Gasteiger partial charge in [0.25, 0.3) is 23.6 Å². The average molecular weight is 657 g/mol. The third-order valence-corrected chi connectivity index (χ3v) is 11.5. The maximum absolute atomic E-state index is 13.2. The largest absolute Gasteiger partial charge is 0.303 e. The molecule has 4 aliphatic heterocycles. The van der Waals surface area contributed by atoms with Crippen LogP contribution in [0.2, 0.25) is 0 Å². The number of imide groups is 2. The first kappa shape index (κ1) is 31.8. The number of hydrogen-bond acceptors (Lipinski definition) is 6. The topological polar surface area (TPSA) is 81.2 Å². The van der Waals surface area contributed by atoms with Gasteiger partial charge in [0.15, 0.2) is 0 Å². The van der Waals surface area contributed by atoms with Crippen LogP contribution in [0.15, 0.2) is 72.8 Å². The van der Waals surface area contributed by atoms with Gasteiger partial charge in [0.1, 0.15) is 0 Å². The lowest BCUT2D eigenvalue weighted by Gasteiger charge is -2.37. The molecule has 4 aliphatic rings. The molecule has 0 saturated carbocycles. The number of nitrogens with zero attached hydrogens (tertiary/aromatic N) is 4. The second kappa shape index (κ2) is 13.5. The van der Waals surface area contributed by atoms with E-state index in [0.29, 0.717) is 35.3 Å². The summed E-state index contributed by atoms with van der Waals surface area (Å²) in [6.07, 6.45) is 7.74. The van der Waals surface area contributed by atoms with E-state index in [9.17, 15) is 19.2 Å². The highest BCUT2D eigenvalue weighted by molar-refractivity contribution is 6.26. The van der Waals surface area contributed by atoms with E-state index in [1.165, 1.54) is 41.9 Å². The van der Waals surface area contributed by atoms with E-state index in [4.69, 9.17) is 0 Å². The lowest BCUT2D eigenvalue weighted by molar-refractivity contribution is 0.0587. The molecule has 49 heavy (non-hydrogen) atoms. The van der Waals surface area contributed by atoms with Gasteiger partial charge in [0.05, 0.1) is 0 Å². The summed E-state index contributed by atoms with van der Waals surface area (Å²) in [7, 11) is 0. The summed E-state index contributed by atoms with van der Waals surface area (Å²) in [4.78, 5) is 60.8. The number of carbonyl (C=O) groups is 4. The Morgan fingerprint density at radius 3 is 1.10 bits per heavy atom. The highest BCUT2D eigenvalue weighted by Crippen LogP contribution is 2.33. The number of hydrogen-bond donors (Lipinski definition) is 0. The molecule has 0 aliphatic carbocycles. The fourth-order valence-electron chi connectivity index (χ4n) is 8.83. The van der Waals surface area contributed by atoms with Gasteiger partial charge in [-0.1, -0.05) is 48.5 Å². The fourth-order valence-corrected chi connectivity index (χ4v) is 8.83. The van der Waals surface area contributed by atoms with Gasteiger partial charge >= 0.3 is 0 Å². The summed E-state index contributed by atoms with van der Waals surface area (Å²) < 4.78 is 0. The van der Waals surface area contributed by atoms with E-state index in [1.54, 1.807) is 0 Å². The van der Waals surface area contributed by atoms with Gasteiger partial charge in [0.2, 0.25) is 0 Å². The maximum Gasteiger partial charge on any atom is 0.261 e. The zero-order valence-electron chi connectivity index (χ0n) is 28.1. The first-order valence-corrected chi connectivity index (χ1v) is 18.2. The zero-order valence-corrected chi connectivity index (χ0v) is 28.1. The van der Waals surface area contributed by atoms with Crippen LogP contribution in [-0.2, 0) is 0 Å². The molecule has 0 aromatic heterocycles.